The predicted molar refractivity (Wildman–Crippen MR) is 78.8 cm³/mol. The molecule has 5 heteroatoms. The summed E-state index contributed by atoms with van der Waals surface area (Å²) >= 11 is 5.40. The van der Waals surface area contributed by atoms with Crippen LogP contribution in [-0.2, 0) is 17.8 Å². The molecule has 0 saturated heterocycles. The van der Waals surface area contributed by atoms with Crippen molar-refractivity contribution in [2.45, 2.75) is 26.3 Å². The van der Waals surface area contributed by atoms with Crippen LogP contribution in [0.2, 0.25) is 0 Å². The number of benzene rings is 1. The number of rotatable bonds is 5. The van der Waals surface area contributed by atoms with Gasteiger partial charge in [0.25, 0.3) is 5.56 Å². The fourth-order valence-corrected chi connectivity index (χ4v) is 2.13. The van der Waals surface area contributed by atoms with Crippen LogP contribution in [0.5, 0.6) is 0 Å². The Labute approximate surface area is 122 Å². The maximum Gasteiger partial charge on any atom is 0.270 e. The van der Waals surface area contributed by atoms with Crippen LogP contribution in [0.4, 0.5) is 0 Å². The van der Waals surface area contributed by atoms with E-state index in [0.717, 1.165) is 12.0 Å². The summed E-state index contributed by atoms with van der Waals surface area (Å²) in [5.74, 6) is 0. The Hall–Kier alpha value is -1.94. The van der Waals surface area contributed by atoms with E-state index in [4.69, 9.17) is 11.6 Å². The molecule has 0 atom stereocenters. The third-order valence-corrected chi connectivity index (χ3v) is 3.02. The molecule has 0 amide bonds. The van der Waals surface area contributed by atoms with Crippen LogP contribution >= 0.6 is 11.6 Å². The molecule has 0 spiro atoms. The maximum atomic E-state index is 12.2. The second-order valence-corrected chi connectivity index (χ2v) is 4.90. The Morgan fingerprint density at radius 1 is 1.30 bits per heavy atom. The zero-order valence-electron chi connectivity index (χ0n) is 11.2. The molecule has 104 valence electrons. The monoisotopic (exact) mass is 290 g/mol. The first-order valence-corrected chi connectivity index (χ1v) is 6.84. The number of hydrogen-bond acceptors (Lipinski definition) is 3. The van der Waals surface area contributed by atoms with Crippen LogP contribution in [0.25, 0.3) is 11.3 Å². The molecular weight excluding hydrogens is 276 g/mol. The Morgan fingerprint density at radius 3 is 2.60 bits per heavy atom. The minimum absolute atomic E-state index is 0.0769. The highest BCUT2D eigenvalue weighted by atomic mass is 35.5. The SMILES string of the molecule is CCCn1nc(-c2ccccc2)cc(CC(=O)Cl)c1=O. The Kier molecular flexibility index (Phi) is 4.69. The van der Waals surface area contributed by atoms with E-state index in [-0.39, 0.29) is 12.0 Å². The molecule has 0 N–H and O–H groups in total. The van der Waals surface area contributed by atoms with E-state index in [1.807, 2.05) is 37.3 Å². The van der Waals surface area contributed by atoms with E-state index in [1.54, 1.807) is 6.07 Å². The van der Waals surface area contributed by atoms with Crippen molar-refractivity contribution in [3.8, 4) is 11.3 Å². The lowest BCUT2D eigenvalue weighted by Gasteiger charge is -2.09. The van der Waals surface area contributed by atoms with E-state index in [1.165, 1.54) is 4.68 Å². The number of nitrogens with zero attached hydrogens (tertiary/aromatic N) is 2. The van der Waals surface area contributed by atoms with Crippen molar-refractivity contribution in [2.24, 2.45) is 0 Å². The molecule has 0 aliphatic rings. The predicted octanol–water partition coefficient (Wildman–Crippen LogP) is 2.63. The molecule has 0 aliphatic carbocycles. The normalized spacial score (nSPS) is 10.5. The average molecular weight is 291 g/mol. The summed E-state index contributed by atoms with van der Waals surface area (Å²) in [6.45, 7) is 2.48. The van der Waals surface area contributed by atoms with Crippen LogP contribution in [0.1, 0.15) is 18.9 Å². The first-order chi connectivity index (χ1) is 9.61. The summed E-state index contributed by atoms with van der Waals surface area (Å²) in [5.41, 5.74) is 1.71. The smallest absolute Gasteiger partial charge is 0.270 e. The van der Waals surface area contributed by atoms with Crippen LogP contribution < -0.4 is 5.56 Å². The van der Waals surface area contributed by atoms with Crippen molar-refractivity contribution in [1.29, 1.82) is 0 Å². The summed E-state index contributed by atoms with van der Waals surface area (Å²) in [7, 11) is 0. The summed E-state index contributed by atoms with van der Waals surface area (Å²) in [6.07, 6.45) is 0.714. The summed E-state index contributed by atoms with van der Waals surface area (Å²) in [5, 5.41) is 3.80. The van der Waals surface area contributed by atoms with Gasteiger partial charge in [-0.05, 0) is 24.1 Å². The highest BCUT2D eigenvalue weighted by Crippen LogP contribution is 2.16. The fourth-order valence-electron chi connectivity index (χ4n) is 1.99. The molecule has 20 heavy (non-hydrogen) atoms. The second kappa shape index (κ2) is 6.48. The zero-order chi connectivity index (χ0) is 14.5. The lowest BCUT2D eigenvalue weighted by Crippen LogP contribution is -2.27. The van der Waals surface area contributed by atoms with Gasteiger partial charge < -0.3 is 0 Å². The van der Waals surface area contributed by atoms with Crippen molar-refractivity contribution in [3.05, 3.63) is 52.3 Å². The van der Waals surface area contributed by atoms with Gasteiger partial charge in [-0.25, -0.2) is 4.68 Å². The van der Waals surface area contributed by atoms with Crippen LogP contribution in [0.3, 0.4) is 0 Å². The third kappa shape index (κ3) is 3.33. The van der Waals surface area contributed by atoms with E-state index in [9.17, 15) is 9.59 Å². The van der Waals surface area contributed by atoms with E-state index in [2.05, 4.69) is 5.10 Å². The van der Waals surface area contributed by atoms with Crippen molar-refractivity contribution < 1.29 is 4.79 Å². The number of carbonyl (C=O) groups is 1. The summed E-state index contributed by atoms with van der Waals surface area (Å²) < 4.78 is 1.40. The lowest BCUT2D eigenvalue weighted by molar-refractivity contribution is -0.111. The molecule has 4 nitrogen and oxygen atoms in total. The van der Waals surface area contributed by atoms with E-state index in [0.29, 0.717) is 17.8 Å². The molecule has 2 rings (SSSR count). The molecular formula is C15H15ClN2O2. The van der Waals surface area contributed by atoms with Gasteiger partial charge in [-0.15, -0.1) is 0 Å². The molecule has 0 saturated carbocycles. The Balaban J connectivity index is 2.55. The molecule has 0 aliphatic heterocycles. The summed E-state index contributed by atoms with van der Waals surface area (Å²) in [4.78, 5) is 23.2. The van der Waals surface area contributed by atoms with Crippen molar-refractivity contribution in [3.63, 3.8) is 0 Å². The number of aryl methyl sites for hydroxylation is 1. The lowest BCUT2D eigenvalue weighted by atomic mass is 10.1. The van der Waals surface area contributed by atoms with Crippen LogP contribution in [-0.4, -0.2) is 15.0 Å². The number of carbonyl (C=O) groups excluding carboxylic acids is 1. The zero-order valence-corrected chi connectivity index (χ0v) is 11.9. The molecule has 1 heterocycles. The van der Waals surface area contributed by atoms with E-state index >= 15 is 0 Å². The largest absolute Gasteiger partial charge is 0.281 e. The van der Waals surface area contributed by atoms with Gasteiger partial charge in [0.15, 0.2) is 0 Å². The van der Waals surface area contributed by atoms with Gasteiger partial charge in [-0.2, -0.15) is 5.10 Å². The van der Waals surface area contributed by atoms with E-state index < -0.39 is 5.24 Å². The molecule has 0 fully saturated rings. The van der Waals surface area contributed by atoms with Crippen LogP contribution in [0.15, 0.2) is 41.2 Å². The Morgan fingerprint density at radius 2 is 2.00 bits per heavy atom. The van der Waals surface area contributed by atoms with Crippen LogP contribution in [0, 0.1) is 0 Å². The summed E-state index contributed by atoms with van der Waals surface area (Å²) in [6, 6.07) is 11.2. The van der Waals surface area contributed by atoms with Gasteiger partial charge in [0.1, 0.15) is 0 Å². The van der Waals surface area contributed by atoms with Crippen molar-refractivity contribution >= 4 is 16.8 Å². The molecule has 1 aromatic heterocycles. The molecule has 2 aromatic rings. The number of aromatic nitrogens is 2. The number of halogens is 1. The van der Waals surface area contributed by atoms with Gasteiger partial charge in [0.05, 0.1) is 12.1 Å². The second-order valence-electron chi connectivity index (χ2n) is 4.48. The molecule has 0 unspecified atom stereocenters. The highest BCUT2D eigenvalue weighted by Gasteiger charge is 2.11. The first-order valence-electron chi connectivity index (χ1n) is 6.46. The topological polar surface area (TPSA) is 52.0 Å². The molecule has 1 aromatic carbocycles. The van der Waals surface area contributed by atoms with Crippen molar-refractivity contribution in [2.75, 3.05) is 0 Å². The van der Waals surface area contributed by atoms with Gasteiger partial charge in [0.2, 0.25) is 5.24 Å². The third-order valence-electron chi connectivity index (χ3n) is 2.88. The van der Waals surface area contributed by atoms with Crippen molar-refractivity contribution in [1.82, 2.24) is 9.78 Å². The fraction of sp³-hybridized carbons (Fsp3) is 0.267. The minimum atomic E-state index is -0.546. The standard InChI is InChI=1S/C15H15ClN2O2/c1-2-8-18-15(20)12(10-14(16)19)9-13(17-18)11-6-4-3-5-7-11/h3-7,9H,2,8,10H2,1H3. The number of hydrogen-bond donors (Lipinski definition) is 0. The quantitative estimate of drug-likeness (QED) is 0.796. The average Bonchev–Trinajstić information content (AvgIpc) is 2.44. The van der Waals surface area contributed by atoms with Gasteiger partial charge in [-0.1, -0.05) is 37.3 Å². The molecule has 0 bridgehead atoms. The van der Waals surface area contributed by atoms with Gasteiger partial charge in [0, 0.05) is 17.7 Å². The minimum Gasteiger partial charge on any atom is -0.281 e. The highest BCUT2D eigenvalue weighted by molar-refractivity contribution is 6.63. The maximum absolute atomic E-state index is 12.2. The van der Waals surface area contributed by atoms with Gasteiger partial charge in [-0.3, -0.25) is 9.59 Å². The van der Waals surface area contributed by atoms with Gasteiger partial charge >= 0.3 is 0 Å². The first kappa shape index (κ1) is 14.5. The molecule has 0 radical (unpaired) electrons. The Bertz CT molecular complexity index is 665.